The fourth-order valence-corrected chi connectivity index (χ4v) is 2.32. The van der Waals surface area contributed by atoms with Crippen LogP contribution in [-0.2, 0) is 17.6 Å². The average Bonchev–Trinajstić information content (AvgIpc) is 3.09. The van der Waals surface area contributed by atoms with Gasteiger partial charge in [-0.05, 0) is 18.6 Å². The average molecular weight is 283 g/mol. The molecule has 0 saturated heterocycles. The molecule has 21 heavy (non-hydrogen) atoms. The number of nitrogens with one attached hydrogen (secondary N) is 2. The number of hydrogen-bond acceptors (Lipinski definition) is 3. The Morgan fingerprint density at radius 3 is 3.14 bits per heavy atom. The smallest absolute Gasteiger partial charge is 0.224 e. The summed E-state index contributed by atoms with van der Waals surface area (Å²) in [7, 11) is 0. The minimum Gasteiger partial charge on any atom is -0.464 e. The van der Waals surface area contributed by atoms with E-state index in [2.05, 4.69) is 15.3 Å². The van der Waals surface area contributed by atoms with Crippen molar-refractivity contribution in [1.82, 2.24) is 15.3 Å². The highest BCUT2D eigenvalue weighted by molar-refractivity contribution is 5.87. The Labute approximate surface area is 122 Å². The van der Waals surface area contributed by atoms with Gasteiger partial charge < -0.3 is 14.7 Å². The summed E-state index contributed by atoms with van der Waals surface area (Å²) >= 11 is 0. The largest absolute Gasteiger partial charge is 0.464 e. The van der Waals surface area contributed by atoms with Gasteiger partial charge in [0.1, 0.15) is 5.58 Å². The van der Waals surface area contributed by atoms with Gasteiger partial charge in [0, 0.05) is 35.8 Å². The summed E-state index contributed by atoms with van der Waals surface area (Å²) in [4.78, 5) is 18.9. The second-order valence-corrected chi connectivity index (χ2v) is 5.11. The molecule has 2 aromatic heterocycles. The molecular weight excluding hydrogens is 266 g/mol. The maximum Gasteiger partial charge on any atom is 0.224 e. The van der Waals surface area contributed by atoms with Gasteiger partial charge >= 0.3 is 0 Å². The lowest BCUT2D eigenvalue weighted by molar-refractivity contribution is -0.120. The van der Waals surface area contributed by atoms with E-state index in [0.717, 1.165) is 34.2 Å². The molecule has 1 amide bonds. The Hall–Kier alpha value is -2.56. The molecule has 5 nitrogen and oxygen atoms in total. The van der Waals surface area contributed by atoms with Crippen LogP contribution < -0.4 is 5.32 Å². The molecule has 0 atom stereocenters. The maximum absolute atomic E-state index is 12.0. The number of aromatic nitrogens is 2. The van der Waals surface area contributed by atoms with Crippen molar-refractivity contribution in [2.45, 2.75) is 19.8 Å². The molecule has 2 N–H and O–H groups in total. The summed E-state index contributed by atoms with van der Waals surface area (Å²) < 4.78 is 5.50. The monoisotopic (exact) mass is 283 g/mol. The van der Waals surface area contributed by atoms with E-state index in [1.807, 2.05) is 25.1 Å². The van der Waals surface area contributed by atoms with Crippen LogP contribution in [-0.4, -0.2) is 22.4 Å². The Balaban J connectivity index is 1.58. The zero-order valence-corrected chi connectivity index (χ0v) is 11.8. The minimum atomic E-state index is -0.00205. The molecule has 0 fully saturated rings. The third kappa shape index (κ3) is 3.13. The van der Waals surface area contributed by atoms with E-state index in [-0.39, 0.29) is 5.91 Å². The third-order valence-electron chi connectivity index (χ3n) is 3.43. The second kappa shape index (κ2) is 5.83. The fraction of sp³-hybridized carbons (Fsp3) is 0.250. The highest BCUT2D eigenvalue weighted by Crippen LogP contribution is 2.22. The van der Waals surface area contributed by atoms with Gasteiger partial charge in [-0.15, -0.1) is 0 Å². The van der Waals surface area contributed by atoms with Crippen LogP contribution in [0.25, 0.3) is 11.0 Å². The fourth-order valence-electron chi connectivity index (χ4n) is 2.32. The van der Waals surface area contributed by atoms with Crippen molar-refractivity contribution in [1.29, 1.82) is 0 Å². The van der Waals surface area contributed by atoms with Crippen LogP contribution in [0.1, 0.15) is 16.8 Å². The van der Waals surface area contributed by atoms with Gasteiger partial charge in [-0.25, -0.2) is 4.98 Å². The van der Waals surface area contributed by atoms with Crippen LogP contribution in [0, 0.1) is 6.92 Å². The van der Waals surface area contributed by atoms with E-state index in [4.69, 9.17) is 4.42 Å². The topological polar surface area (TPSA) is 70.9 Å². The Morgan fingerprint density at radius 2 is 2.33 bits per heavy atom. The van der Waals surface area contributed by atoms with Gasteiger partial charge in [-0.3, -0.25) is 4.79 Å². The number of fused-ring (bicyclic) bond motifs is 1. The number of H-pyrrole nitrogens is 1. The number of hydrogen-bond donors (Lipinski definition) is 2. The molecule has 0 aliphatic carbocycles. The number of rotatable bonds is 5. The maximum atomic E-state index is 12.0. The van der Waals surface area contributed by atoms with Gasteiger partial charge in [0.25, 0.3) is 0 Å². The molecule has 0 bridgehead atoms. The molecule has 3 rings (SSSR count). The summed E-state index contributed by atoms with van der Waals surface area (Å²) in [6.45, 7) is 2.61. The molecular formula is C16H17N3O2. The predicted octanol–water partition coefficient (Wildman–Crippen LogP) is 2.37. The van der Waals surface area contributed by atoms with Crippen molar-refractivity contribution >= 4 is 16.9 Å². The van der Waals surface area contributed by atoms with Crippen molar-refractivity contribution in [2.75, 3.05) is 6.54 Å². The second-order valence-electron chi connectivity index (χ2n) is 5.11. The summed E-state index contributed by atoms with van der Waals surface area (Å²) in [6.07, 6.45) is 6.14. The lowest BCUT2D eigenvalue weighted by Crippen LogP contribution is -2.27. The van der Waals surface area contributed by atoms with Crippen molar-refractivity contribution in [2.24, 2.45) is 0 Å². The lowest BCUT2D eigenvalue weighted by Gasteiger charge is -2.03. The van der Waals surface area contributed by atoms with E-state index in [1.54, 1.807) is 18.8 Å². The van der Waals surface area contributed by atoms with Gasteiger partial charge in [-0.1, -0.05) is 12.1 Å². The molecule has 0 aliphatic rings. The molecule has 0 saturated carbocycles. The van der Waals surface area contributed by atoms with E-state index in [9.17, 15) is 4.79 Å². The normalized spacial score (nSPS) is 10.9. The third-order valence-corrected chi connectivity index (χ3v) is 3.43. The van der Waals surface area contributed by atoms with Crippen molar-refractivity contribution in [3.05, 3.63) is 53.8 Å². The van der Waals surface area contributed by atoms with Crippen molar-refractivity contribution in [3.63, 3.8) is 0 Å². The van der Waals surface area contributed by atoms with Crippen LogP contribution >= 0.6 is 0 Å². The van der Waals surface area contributed by atoms with Crippen LogP contribution in [0.15, 0.2) is 41.4 Å². The number of aromatic amines is 1. The molecule has 0 unspecified atom stereocenters. The molecule has 1 aromatic carbocycles. The van der Waals surface area contributed by atoms with Crippen molar-refractivity contribution in [3.8, 4) is 0 Å². The highest BCUT2D eigenvalue weighted by Gasteiger charge is 2.10. The van der Waals surface area contributed by atoms with E-state index < -0.39 is 0 Å². The number of nitrogens with zero attached hydrogens (tertiary/aromatic N) is 1. The van der Waals surface area contributed by atoms with E-state index in [1.165, 1.54) is 0 Å². The zero-order chi connectivity index (χ0) is 14.7. The molecule has 0 radical (unpaired) electrons. The van der Waals surface area contributed by atoms with E-state index >= 15 is 0 Å². The Kier molecular flexibility index (Phi) is 3.73. The first-order chi connectivity index (χ1) is 10.2. The number of furan rings is 1. The van der Waals surface area contributed by atoms with Crippen LogP contribution in [0.3, 0.4) is 0 Å². The molecule has 0 spiro atoms. The summed E-state index contributed by atoms with van der Waals surface area (Å²) in [5.41, 5.74) is 3.91. The number of aryl methyl sites for hydroxylation is 1. The first-order valence-corrected chi connectivity index (χ1v) is 6.93. The van der Waals surface area contributed by atoms with Crippen LogP contribution in [0.5, 0.6) is 0 Å². The lowest BCUT2D eigenvalue weighted by atomic mass is 10.1. The van der Waals surface area contributed by atoms with Gasteiger partial charge in [0.15, 0.2) is 0 Å². The van der Waals surface area contributed by atoms with Gasteiger partial charge in [0.2, 0.25) is 5.91 Å². The number of carbonyl (C=O) groups is 1. The summed E-state index contributed by atoms with van der Waals surface area (Å²) in [5.74, 6) is -0.00205. The quantitative estimate of drug-likeness (QED) is 0.755. The molecule has 108 valence electrons. The summed E-state index contributed by atoms with van der Waals surface area (Å²) in [5, 5.41) is 3.91. The Morgan fingerprint density at radius 1 is 1.43 bits per heavy atom. The highest BCUT2D eigenvalue weighted by atomic mass is 16.3. The van der Waals surface area contributed by atoms with Crippen LogP contribution in [0.2, 0.25) is 0 Å². The molecule has 0 aliphatic heterocycles. The SMILES string of the molecule is Cc1ccc2c(CC(=O)NCCc3cnc[nH]3)coc2c1. The Bertz CT molecular complexity index is 744. The minimum absolute atomic E-state index is 0.00205. The molecule has 3 aromatic rings. The van der Waals surface area contributed by atoms with E-state index in [0.29, 0.717) is 13.0 Å². The summed E-state index contributed by atoms with van der Waals surface area (Å²) in [6, 6.07) is 6.01. The first kappa shape index (κ1) is 13.4. The van der Waals surface area contributed by atoms with Gasteiger partial charge in [-0.2, -0.15) is 0 Å². The number of imidazole rings is 1. The molecule has 2 heterocycles. The number of carbonyl (C=O) groups excluding carboxylic acids is 1. The van der Waals surface area contributed by atoms with Gasteiger partial charge in [0.05, 0.1) is 19.0 Å². The first-order valence-electron chi connectivity index (χ1n) is 6.93. The predicted molar refractivity (Wildman–Crippen MR) is 80.0 cm³/mol. The van der Waals surface area contributed by atoms with Crippen LogP contribution in [0.4, 0.5) is 0 Å². The molecule has 5 heteroatoms. The zero-order valence-electron chi connectivity index (χ0n) is 11.8. The number of benzene rings is 1. The number of amides is 1. The van der Waals surface area contributed by atoms with Crippen molar-refractivity contribution < 1.29 is 9.21 Å². The standard InChI is InChI=1S/C16H17N3O2/c1-11-2-3-14-12(9-21-15(14)6-11)7-16(20)18-5-4-13-8-17-10-19-13/h2-3,6,8-10H,4-5,7H2,1H3,(H,17,19)(H,18,20).